The summed E-state index contributed by atoms with van der Waals surface area (Å²) < 4.78 is 10.7. The Morgan fingerprint density at radius 3 is 2.50 bits per heavy atom. The van der Waals surface area contributed by atoms with Gasteiger partial charge in [-0.1, -0.05) is 0 Å². The average Bonchev–Trinajstić information content (AvgIpc) is 2.58. The monoisotopic (exact) mass is 327 g/mol. The Kier molecular flexibility index (Phi) is 3.35. The lowest BCUT2D eigenvalue weighted by atomic mass is 9.76. The number of aromatic hydroxyl groups is 2. The molecule has 0 aromatic heterocycles. The Labute approximate surface area is 141 Å². The number of hydrogen-bond donors (Lipinski definition) is 2. The molecule has 126 valence electrons. The van der Waals surface area contributed by atoms with Crippen molar-refractivity contribution < 1.29 is 19.7 Å². The Bertz CT molecular complexity index is 831. The second kappa shape index (κ2) is 5.31. The molecule has 0 fully saturated rings. The molecule has 1 atom stereocenters. The second-order valence-electron chi connectivity index (χ2n) is 6.51. The smallest absolute Gasteiger partial charge is 0.166 e. The topological polar surface area (TPSA) is 62.2 Å². The standard InChI is InChI=1S/C19H21NO4/c1-20-5-4-10-8-16(24-3)19(22)18-12-9-15(23-2)14(21)7-11(12)6-13(20)17(10)18/h7-9,13,21-22H,4-6H2,1-3H3/t13-/m0/s1. The Morgan fingerprint density at radius 1 is 1.04 bits per heavy atom. The van der Waals surface area contributed by atoms with Crippen molar-refractivity contribution >= 4 is 0 Å². The van der Waals surface area contributed by atoms with E-state index in [9.17, 15) is 10.2 Å². The lowest BCUT2D eigenvalue weighted by Gasteiger charge is -2.40. The molecule has 1 heterocycles. The molecule has 5 heteroatoms. The van der Waals surface area contributed by atoms with Gasteiger partial charge in [0.1, 0.15) is 0 Å². The number of phenols is 2. The van der Waals surface area contributed by atoms with Crippen LogP contribution in [0.3, 0.4) is 0 Å². The molecule has 0 saturated carbocycles. The van der Waals surface area contributed by atoms with Crippen molar-refractivity contribution in [2.75, 3.05) is 27.8 Å². The van der Waals surface area contributed by atoms with Gasteiger partial charge in [-0.2, -0.15) is 0 Å². The molecule has 5 nitrogen and oxygen atoms in total. The van der Waals surface area contributed by atoms with Gasteiger partial charge in [0, 0.05) is 18.2 Å². The largest absolute Gasteiger partial charge is 0.504 e. The average molecular weight is 327 g/mol. The van der Waals surface area contributed by atoms with Crippen molar-refractivity contribution in [2.24, 2.45) is 0 Å². The molecule has 0 spiro atoms. The second-order valence-corrected chi connectivity index (χ2v) is 6.51. The predicted octanol–water partition coefficient (Wildman–Crippen LogP) is 2.87. The summed E-state index contributed by atoms with van der Waals surface area (Å²) in [5.74, 6) is 1.19. The molecular formula is C19H21NO4. The molecule has 0 unspecified atom stereocenters. The Morgan fingerprint density at radius 2 is 1.79 bits per heavy atom. The third-order valence-corrected chi connectivity index (χ3v) is 5.30. The van der Waals surface area contributed by atoms with Crippen LogP contribution in [0.15, 0.2) is 18.2 Å². The molecule has 0 saturated heterocycles. The molecule has 2 N–H and O–H groups in total. The van der Waals surface area contributed by atoms with Gasteiger partial charge in [0.15, 0.2) is 23.0 Å². The van der Waals surface area contributed by atoms with Crippen LogP contribution in [0.25, 0.3) is 11.1 Å². The number of fused-ring (bicyclic) bond motifs is 2. The van der Waals surface area contributed by atoms with Crippen molar-refractivity contribution in [2.45, 2.75) is 18.9 Å². The van der Waals surface area contributed by atoms with Gasteiger partial charge in [-0.15, -0.1) is 0 Å². The van der Waals surface area contributed by atoms with E-state index in [4.69, 9.17) is 9.47 Å². The highest BCUT2D eigenvalue weighted by atomic mass is 16.5. The van der Waals surface area contributed by atoms with Crippen LogP contribution in [0.4, 0.5) is 0 Å². The number of nitrogens with zero attached hydrogens (tertiary/aromatic N) is 1. The van der Waals surface area contributed by atoms with Crippen molar-refractivity contribution in [3.8, 4) is 34.1 Å². The maximum Gasteiger partial charge on any atom is 0.166 e. The van der Waals surface area contributed by atoms with E-state index in [2.05, 4.69) is 11.9 Å². The minimum absolute atomic E-state index is 0.126. The van der Waals surface area contributed by atoms with Crippen LogP contribution < -0.4 is 9.47 Å². The van der Waals surface area contributed by atoms with Crippen LogP contribution in [0.5, 0.6) is 23.0 Å². The third-order valence-electron chi connectivity index (χ3n) is 5.30. The van der Waals surface area contributed by atoms with Gasteiger partial charge >= 0.3 is 0 Å². The van der Waals surface area contributed by atoms with E-state index in [1.54, 1.807) is 13.2 Å². The van der Waals surface area contributed by atoms with Crippen LogP contribution in [0.1, 0.15) is 22.7 Å². The number of hydrogen-bond acceptors (Lipinski definition) is 5. The number of rotatable bonds is 2. The highest BCUT2D eigenvalue weighted by Crippen LogP contribution is 2.53. The van der Waals surface area contributed by atoms with Gasteiger partial charge in [-0.3, -0.25) is 4.90 Å². The first-order chi connectivity index (χ1) is 11.5. The first kappa shape index (κ1) is 15.1. The minimum atomic E-state index is 0.126. The van der Waals surface area contributed by atoms with E-state index in [1.807, 2.05) is 12.1 Å². The fraction of sp³-hybridized carbons (Fsp3) is 0.368. The van der Waals surface area contributed by atoms with Gasteiger partial charge in [0.25, 0.3) is 0 Å². The molecule has 1 aliphatic carbocycles. The fourth-order valence-electron chi connectivity index (χ4n) is 4.05. The van der Waals surface area contributed by atoms with Gasteiger partial charge in [0.05, 0.1) is 14.2 Å². The molecule has 2 aromatic carbocycles. The van der Waals surface area contributed by atoms with E-state index in [-0.39, 0.29) is 17.5 Å². The summed E-state index contributed by atoms with van der Waals surface area (Å²) in [5, 5.41) is 21.0. The SMILES string of the molecule is COc1cc2c(cc1O)C[C@H]1c3c(cc(OC)c(O)c3-2)CCN1C. The van der Waals surface area contributed by atoms with Gasteiger partial charge in [-0.25, -0.2) is 0 Å². The molecule has 0 radical (unpaired) electrons. The maximum atomic E-state index is 10.8. The predicted molar refractivity (Wildman–Crippen MR) is 91.1 cm³/mol. The highest BCUT2D eigenvalue weighted by molar-refractivity contribution is 5.84. The summed E-state index contributed by atoms with van der Waals surface area (Å²) in [6.45, 7) is 0.961. The summed E-state index contributed by atoms with van der Waals surface area (Å²) in [6, 6.07) is 5.71. The number of ether oxygens (including phenoxy) is 2. The summed E-state index contributed by atoms with van der Waals surface area (Å²) in [7, 11) is 5.20. The van der Waals surface area contributed by atoms with Crippen LogP contribution in [0.2, 0.25) is 0 Å². The molecule has 2 aromatic rings. The summed E-state index contributed by atoms with van der Waals surface area (Å²) in [6.07, 6.45) is 1.73. The van der Waals surface area contributed by atoms with Crippen molar-refractivity contribution in [1.82, 2.24) is 4.90 Å². The minimum Gasteiger partial charge on any atom is -0.504 e. The van der Waals surface area contributed by atoms with E-state index in [0.717, 1.165) is 36.1 Å². The number of likely N-dealkylation sites (N-methyl/N-ethyl adjacent to an activating group) is 1. The lowest BCUT2D eigenvalue weighted by molar-refractivity contribution is 0.226. The summed E-state index contributed by atoms with van der Waals surface area (Å²) in [4.78, 5) is 2.31. The van der Waals surface area contributed by atoms with Gasteiger partial charge in [0.2, 0.25) is 0 Å². The van der Waals surface area contributed by atoms with Crippen LogP contribution >= 0.6 is 0 Å². The zero-order valence-corrected chi connectivity index (χ0v) is 14.1. The highest BCUT2D eigenvalue weighted by Gasteiger charge is 2.36. The zero-order valence-electron chi connectivity index (χ0n) is 14.1. The van der Waals surface area contributed by atoms with Crippen LogP contribution in [-0.2, 0) is 12.8 Å². The Balaban J connectivity index is 2.06. The zero-order chi connectivity index (χ0) is 17.0. The molecule has 2 aliphatic rings. The van der Waals surface area contributed by atoms with E-state index < -0.39 is 0 Å². The van der Waals surface area contributed by atoms with E-state index in [1.165, 1.54) is 18.2 Å². The molecule has 4 rings (SSSR count). The molecule has 24 heavy (non-hydrogen) atoms. The number of methoxy groups -OCH3 is 2. The number of phenolic OH excluding ortho intramolecular Hbond substituents is 2. The van der Waals surface area contributed by atoms with Crippen molar-refractivity contribution in [3.63, 3.8) is 0 Å². The van der Waals surface area contributed by atoms with Crippen molar-refractivity contribution in [1.29, 1.82) is 0 Å². The molecular weight excluding hydrogens is 306 g/mol. The quantitative estimate of drug-likeness (QED) is 0.888. The normalized spacial score (nSPS) is 18.7. The van der Waals surface area contributed by atoms with Gasteiger partial charge < -0.3 is 19.7 Å². The summed E-state index contributed by atoms with van der Waals surface area (Å²) in [5.41, 5.74) is 5.11. The Hall–Kier alpha value is -2.40. The van der Waals surface area contributed by atoms with E-state index in [0.29, 0.717) is 11.5 Å². The van der Waals surface area contributed by atoms with Gasteiger partial charge in [-0.05, 0) is 60.3 Å². The molecule has 1 aliphatic heterocycles. The molecule has 0 bridgehead atoms. The number of benzene rings is 2. The maximum absolute atomic E-state index is 10.8. The first-order valence-electron chi connectivity index (χ1n) is 8.08. The fourth-order valence-corrected chi connectivity index (χ4v) is 4.05. The van der Waals surface area contributed by atoms with Crippen LogP contribution in [-0.4, -0.2) is 42.9 Å². The van der Waals surface area contributed by atoms with Crippen molar-refractivity contribution in [3.05, 3.63) is 34.9 Å². The van der Waals surface area contributed by atoms with Crippen LogP contribution in [0, 0.1) is 0 Å². The van der Waals surface area contributed by atoms with E-state index >= 15 is 0 Å². The molecule has 0 amide bonds. The first-order valence-corrected chi connectivity index (χ1v) is 8.08. The third kappa shape index (κ3) is 1.97. The summed E-state index contributed by atoms with van der Waals surface area (Å²) >= 11 is 0. The lowest BCUT2D eigenvalue weighted by Crippen LogP contribution is -2.35.